The first-order valence-corrected chi connectivity index (χ1v) is 14.0. The van der Waals surface area contributed by atoms with Crippen LogP contribution in [-0.4, -0.2) is 60.0 Å². The Kier molecular flexibility index (Phi) is 9.70. The van der Waals surface area contributed by atoms with E-state index in [0.717, 1.165) is 51.1 Å². The molecule has 0 bridgehead atoms. The summed E-state index contributed by atoms with van der Waals surface area (Å²) in [4.78, 5) is 40.7. The van der Waals surface area contributed by atoms with Crippen molar-refractivity contribution < 1.29 is 23.2 Å². The zero-order valence-corrected chi connectivity index (χ0v) is 22.4. The van der Waals surface area contributed by atoms with Gasteiger partial charge in [0, 0.05) is 49.6 Å². The lowest BCUT2D eigenvalue weighted by Gasteiger charge is -2.34. The van der Waals surface area contributed by atoms with Crippen molar-refractivity contribution in [2.45, 2.75) is 102 Å². The van der Waals surface area contributed by atoms with Crippen molar-refractivity contribution in [2.24, 2.45) is 5.92 Å². The largest absolute Gasteiger partial charge is 0.349 e. The number of likely N-dealkylation sites (tertiary alicyclic amines) is 1. The van der Waals surface area contributed by atoms with Gasteiger partial charge in [0.15, 0.2) is 0 Å². The number of benzene rings is 1. The topological polar surface area (TPSA) is 103 Å². The lowest BCUT2D eigenvalue weighted by Crippen LogP contribution is -2.56. The maximum absolute atomic E-state index is 14.2. The minimum atomic E-state index is -0.819. The van der Waals surface area contributed by atoms with Crippen molar-refractivity contribution in [1.82, 2.24) is 26.2 Å². The molecule has 10 heteroatoms. The number of piperidine rings is 1. The van der Waals surface area contributed by atoms with Gasteiger partial charge in [-0.25, -0.2) is 8.78 Å². The number of halogens is 2. The SMILES string of the molecule is C[C@H](NC(=O)[C@H](CCC(=O)N1CCCC[C@@H]1C)NC(=O)CCC1CC1)C1NCC(c2ccc(F)cc2F)N1. The second-order valence-electron chi connectivity index (χ2n) is 11.1. The molecular weight excluding hydrogens is 492 g/mol. The Bertz CT molecular complexity index is 1000. The van der Waals surface area contributed by atoms with Gasteiger partial charge in [0.25, 0.3) is 0 Å². The van der Waals surface area contributed by atoms with Gasteiger partial charge in [-0.2, -0.15) is 0 Å². The molecule has 0 spiro atoms. The normalized spacial score (nSPS) is 25.1. The van der Waals surface area contributed by atoms with E-state index in [1.54, 1.807) is 0 Å². The number of carbonyl (C=O) groups is 3. The Labute approximate surface area is 223 Å². The van der Waals surface area contributed by atoms with E-state index in [-0.39, 0.29) is 54.9 Å². The summed E-state index contributed by atoms with van der Waals surface area (Å²) in [6.45, 7) is 5.02. The molecule has 0 radical (unpaired) electrons. The number of nitrogens with zero attached hydrogens (tertiary/aromatic N) is 1. The molecule has 1 aromatic rings. The van der Waals surface area contributed by atoms with E-state index in [1.165, 1.54) is 12.1 Å². The third-order valence-electron chi connectivity index (χ3n) is 8.03. The highest BCUT2D eigenvalue weighted by molar-refractivity contribution is 5.88. The number of nitrogens with one attached hydrogen (secondary N) is 4. The monoisotopic (exact) mass is 533 g/mol. The van der Waals surface area contributed by atoms with Crippen molar-refractivity contribution in [3.63, 3.8) is 0 Å². The summed E-state index contributed by atoms with van der Waals surface area (Å²) in [5.41, 5.74) is 0.353. The van der Waals surface area contributed by atoms with Gasteiger partial charge in [-0.15, -0.1) is 0 Å². The van der Waals surface area contributed by atoms with Crippen molar-refractivity contribution in [2.75, 3.05) is 13.1 Å². The Morgan fingerprint density at radius 2 is 1.89 bits per heavy atom. The predicted octanol–water partition coefficient (Wildman–Crippen LogP) is 2.89. The Balaban J connectivity index is 1.33. The molecule has 4 rings (SSSR count). The molecule has 38 heavy (non-hydrogen) atoms. The fourth-order valence-electron chi connectivity index (χ4n) is 5.45. The molecule has 2 saturated heterocycles. The van der Waals surface area contributed by atoms with E-state index >= 15 is 0 Å². The summed E-state index contributed by atoms with van der Waals surface area (Å²) >= 11 is 0. The molecule has 4 N–H and O–H groups in total. The molecule has 3 amide bonds. The smallest absolute Gasteiger partial charge is 0.242 e. The van der Waals surface area contributed by atoms with Crippen molar-refractivity contribution in [3.05, 3.63) is 35.4 Å². The zero-order chi connectivity index (χ0) is 27.2. The van der Waals surface area contributed by atoms with Crippen LogP contribution in [0.15, 0.2) is 18.2 Å². The molecule has 1 aliphatic carbocycles. The van der Waals surface area contributed by atoms with Crippen molar-refractivity contribution in [1.29, 1.82) is 0 Å². The fourth-order valence-corrected chi connectivity index (χ4v) is 5.45. The van der Waals surface area contributed by atoms with Crippen molar-refractivity contribution in [3.8, 4) is 0 Å². The summed E-state index contributed by atoms with van der Waals surface area (Å²) in [6.07, 6.45) is 6.64. The molecule has 2 aliphatic heterocycles. The fraction of sp³-hybridized carbons (Fsp3) is 0.679. The Morgan fingerprint density at radius 1 is 1.11 bits per heavy atom. The van der Waals surface area contributed by atoms with Crippen LogP contribution in [0.25, 0.3) is 0 Å². The molecule has 2 heterocycles. The zero-order valence-electron chi connectivity index (χ0n) is 22.4. The maximum atomic E-state index is 14.2. The van der Waals surface area contributed by atoms with Crippen LogP contribution < -0.4 is 21.3 Å². The summed E-state index contributed by atoms with van der Waals surface area (Å²) < 4.78 is 27.5. The maximum Gasteiger partial charge on any atom is 0.242 e. The van der Waals surface area contributed by atoms with Crippen LogP contribution in [0.5, 0.6) is 0 Å². The van der Waals surface area contributed by atoms with E-state index in [0.29, 0.717) is 24.4 Å². The molecule has 1 aromatic carbocycles. The molecule has 5 atom stereocenters. The third kappa shape index (κ3) is 7.72. The van der Waals surface area contributed by atoms with Gasteiger partial charge in [-0.05, 0) is 57.9 Å². The number of hydrogen-bond acceptors (Lipinski definition) is 5. The molecule has 3 aliphatic rings. The van der Waals surface area contributed by atoms with Gasteiger partial charge < -0.3 is 15.5 Å². The number of amides is 3. The van der Waals surface area contributed by atoms with Crippen molar-refractivity contribution >= 4 is 17.7 Å². The molecular formula is C28H41F2N5O3. The van der Waals surface area contributed by atoms with E-state index in [2.05, 4.69) is 28.2 Å². The minimum absolute atomic E-state index is 0.0126. The van der Waals surface area contributed by atoms with Crippen LogP contribution in [0.1, 0.15) is 83.2 Å². The third-order valence-corrected chi connectivity index (χ3v) is 8.03. The van der Waals surface area contributed by atoms with Gasteiger partial charge in [0.2, 0.25) is 17.7 Å². The highest BCUT2D eigenvalue weighted by atomic mass is 19.1. The highest BCUT2D eigenvalue weighted by Crippen LogP contribution is 2.33. The molecule has 0 aromatic heterocycles. The molecule has 8 nitrogen and oxygen atoms in total. The molecule has 210 valence electrons. The van der Waals surface area contributed by atoms with Gasteiger partial charge in [-0.1, -0.05) is 18.9 Å². The summed E-state index contributed by atoms with van der Waals surface area (Å²) in [6, 6.07) is 2.11. The van der Waals surface area contributed by atoms with E-state index in [1.807, 2.05) is 11.8 Å². The van der Waals surface area contributed by atoms with E-state index in [4.69, 9.17) is 0 Å². The van der Waals surface area contributed by atoms with E-state index in [9.17, 15) is 23.2 Å². The van der Waals surface area contributed by atoms with Crippen LogP contribution in [-0.2, 0) is 14.4 Å². The first-order chi connectivity index (χ1) is 18.2. The van der Waals surface area contributed by atoms with Gasteiger partial charge >= 0.3 is 0 Å². The van der Waals surface area contributed by atoms with Gasteiger partial charge in [0.1, 0.15) is 17.7 Å². The second-order valence-corrected chi connectivity index (χ2v) is 11.1. The standard InChI is InChI=1S/C28H41F2N5O3/c1-17-5-3-4-14-35(17)26(37)13-11-23(33-25(36)12-8-19-6-7-19)28(38)32-18(2)27-31-16-24(34-27)21-10-9-20(29)15-22(21)30/h9-10,15,17-19,23-24,27,31,34H,3-8,11-14,16H2,1-2H3,(H,32,38)(H,33,36)/t17-,18-,23-,24?,27?/m0/s1. The lowest BCUT2D eigenvalue weighted by molar-refractivity contribution is -0.135. The van der Waals surface area contributed by atoms with Gasteiger partial charge in [0.05, 0.1) is 12.2 Å². The van der Waals surface area contributed by atoms with E-state index < -0.39 is 17.7 Å². The van der Waals surface area contributed by atoms with Gasteiger partial charge in [-0.3, -0.25) is 25.0 Å². The van der Waals surface area contributed by atoms with Crippen LogP contribution in [0.2, 0.25) is 0 Å². The number of carbonyl (C=O) groups excluding carboxylic acids is 3. The molecule has 1 saturated carbocycles. The highest BCUT2D eigenvalue weighted by Gasteiger charge is 2.33. The summed E-state index contributed by atoms with van der Waals surface area (Å²) in [5, 5.41) is 12.3. The number of hydrogen-bond donors (Lipinski definition) is 4. The second kappa shape index (κ2) is 13.0. The van der Waals surface area contributed by atoms with Crippen LogP contribution in [0.3, 0.4) is 0 Å². The quantitative estimate of drug-likeness (QED) is 0.350. The first kappa shape index (κ1) is 28.4. The summed E-state index contributed by atoms with van der Waals surface area (Å²) in [7, 11) is 0. The average Bonchev–Trinajstić information content (AvgIpc) is 3.59. The Hall–Kier alpha value is -2.59. The first-order valence-electron chi connectivity index (χ1n) is 14.0. The Morgan fingerprint density at radius 3 is 2.61 bits per heavy atom. The lowest BCUT2D eigenvalue weighted by atomic mass is 10.0. The molecule has 2 unspecified atom stereocenters. The minimum Gasteiger partial charge on any atom is -0.349 e. The summed E-state index contributed by atoms with van der Waals surface area (Å²) in [5.74, 6) is -1.16. The van der Waals surface area contributed by atoms with Crippen LogP contribution in [0.4, 0.5) is 8.78 Å². The molecule has 3 fully saturated rings. The number of rotatable bonds is 11. The predicted molar refractivity (Wildman–Crippen MR) is 140 cm³/mol. The van der Waals surface area contributed by atoms with Crippen LogP contribution in [0, 0.1) is 17.6 Å². The van der Waals surface area contributed by atoms with Crippen LogP contribution >= 0.6 is 0 Å². The average molecular weight is 534 g/mol.